The Kier molecular flexibility index (Phi) is 2.84. The van der Waals surface area contributed by atoms with E-state index in [0.717, 1.165) is 0 Å². The molecule has 1 aromatic rings. The standard InChI is InChI=1S/C10H11O5P/c1-2-14-16(12,13)10-8-6-4-3-5-7(8)9(11)15-10/h3-6,10H,2H2,1H3,(H,12,13). The molecule has 0 radical (unpaired) electrons. The Labute approximate surface area is 92.5 Å². The van der Waals surface area contributed by atoms with Gasteiger partial charge in [0.05, 0.1) is 12.2 Å². The maximum Gasteiger partial charge on any atom is 0.373 e. The van der Waals surface area contributed by atoms with Gasteiger partial charge < -0.3 is 14.2 Å². The normalized spacial score (nSPS) is 22.4. The lowest BCUT2D eigenvalue weighted by Gasteiger charge is -2.17. The molecule has 86 valence electrons. The van der Waals surface area contributed by atoms with Gasteiger partial charge >= 0.3 is 13.6 Å². The lowest BCUT2D eigenvalue weighted by molar-refractivity contribution is 0.0458. The number of cyclic esters (lactones) is 1. The largest absolute Gasteiger partial charge is 0.441 e. The Balaban J connectivity index is 2.41. The molecule has 16 heavy (non-hydrogen) atoms. The van der Waals surface area contributed by atoms with Crippen LogP contribution >= 0.6 is 7.60 Å². The third kappa shape index (κ3) is 1.78. The van der Waals surface area contributed by atoms with Crippen molar-refractivity contribution in [1.82, 2.24) is 0 Å². The summed E-state index contributed by atoms with van der Waals surface area (Å²) in [7, 11) is -3.95. The van der Waals surface area contributed by atoms with Gasteiger partial charge in [0.25, 0.3) is 0 Å². The van der Waals surface area contributed by atoms with Crippen LogP contribution in [0.2, 0.25) is 0 Å². The van der Waals surface area contributed by atoms with E-state index in [9.17, 15) is 14.3 Å². The molecular formula is C10H11O5P. The number of carbonyl (C=O) groups excluding carboxylic acids is 1. The molecule has 1 N–H and O–H groups in total. The van der Waals surface area contributed by atoms with Crippen LogP contribution < -0.4 is 0 Å². The average Bonchev–Trinajstić information content (AvgIpc) is 2.58. The summed E-state index contributed by atoms with van der Waals surface area (Å²) in [6.07, 6.45) is 0. The van der Waals surface area contributed by atoms with Crippen LogP contribution in [-0.4, -0.2) is 17.5 Å². The molecule has 2 rings (SSSR count). The highest BCUT2D eigenvalue weighted by molar-refractivity contribution is 7.53. The number of fused-ring (bicyclic) bond motifs is 1. The minimum absolute atomic E-state index is 0.0873. The SMILES string of the molecule is CCOP(=O)(O)C1OC(=O)c2ccccc21. The van der Waals surface area contributed by atoms with Gasteiger partial charge in [-0.15, -0.1) is 0 Å². The van der Waals surface area contributed by atoms with Crippen molar-refractivity contribution in [2.45, 2.75) is 12.8 Å². The quantitative estimate of drug-likeness (QED) is 0.648. The summed E-state index contributed by atoms with van der Waals surface area (Å²) in [6.45, 7) is 1.69. The first-order valence-corrected chi connectivity index (χ1v) is 6.48. The Bertz CT molecular complexity index is 470. The first kappa shape index (κ1) is 11.3. The number of rotatable bonds is 3. The fourth-order valence-corrected chi connectivity index (χ4v) is 2.93. The van der Waals surface area contributed by atoms with E-state index in [4.69, 9.17) is 9.26 Å². The summed E-state index contributed by atoms with van der Waals surface area (Å²) in [5.74, 6) is -1.79. The van der Waals surface area contributed by atoms with Crippen molar-refractivity contribution in [3.05, 3.63) is 35.4 Å². The highest BCUT2D eigenvalue weighted by Gasteiger charge is 2.44. The zero-order valence-corrected chi connectivity index (χ0v) is 9.52. The fourth-order valence-electron chi connectivity index (χ4n) is 1.62. The summed E-state index contributed by atoms with van der Waals surface area (Å²) >= 11 is 0. The molecule has 0 aliphatic carbocycles. The first-order valence-electron chi connectivity index (χ1n) is 4.83. The number of carbonyl (C=O) groups is 1. The highest BCUT2D eigenvalue weighted by atomic mass is 31.2. The fraction of sp³-hybridized carbons (Fsp3) is 0.300. The molecule has 0 spiro atoms. The van der Waals surface area contributed by atoms with Crippen LogP contribution in [0.3, 0.4) is 0 Å². The number of hydrogen-bond acceptors (Lipinski definition) is 4. The molecule has 0 saturated carbocycles. The second kappa shape index (κ2) is 4.01. The summed E-state index contributed by atoms with van der Waals surface area (Å²) < 4.78 is 21.4. The maximum atomic E-state index is 11.8. The van der Waals surface area contributed by atoms with Crippen molar-refractivity contribution in [1.29, 1.82) is 0 Å². The van der Waals surface area contributed by atoms with Crippen LogP contribution in [0.1, 0.15) is 28.7 Å². The van der Waals surface area contributed by atoms with E-state index in [0.29, 0.717) is 11.1 Å². The molecule has 0 aromatic heterocycles. The van der Waals surface area contributed by atoms with Crippen molar-refractivity contribution >= 4 is 13.6 Å². The monoisotopic (exact) mass is 242 g/mol. The van der Waals surface area contributed by atoms with Gasteiger partial charge in [-0.3, -0.25) is 4.57 Å². The lowest BCUT2D eigenvalue weighted by atomic mass is 10.1. The zero-order chi connectivity index (χ0) is 11.8. The van der Waals surface area contributed by atoms with Gasteiger partial charge in [-0.05, 0) is 13.0 Å². The molecular weight excluding hydrogens is 231 g/mol. The van der Waals surface area contributed by atoms with Crippen molar-refractivity contribution in [3.8, 4) is 0 Å². The average molecular weight is 242 g/mol. The molecule has 1 aliphatic rings. The Morgan fingerprint density at radius 1 is 1.50 bits per heavy atom. The Morgan fingerprint density at radius 3 is 2.88 bits per heavy atom. The second-order valence-corrected chi connectivity index (χ2v) is 5.18. The third-order valence-electron chi connectivity index (χ3n) is 2.28. The Morgan fingerprint density at radius 2 is 2.19 bits per heavy atom. The lowest BCUT2D eigenvalue weighted by Crippen LogP contribution is -2.02. The van der Waals surface area contributed by atoms with Crippen molar-refractivity contribution in [2.75, 3.05) is 6.61 Å². The van der Waals surface area contributed by atoms with E-state index < -0.39 is 19.4 Å². The van der Waals surface area contributed by atoms with Gasteiger partial charge in [-0.1, -0.05) is 18.2 Å². The van der Waals surface area contributed by atoms with Crippen LogP contribution in [0.5, 0.6) is 0 Å². The van der Waals surface area contributed by atoms with Crippen molar-refractivity contribution in [3.63, 3.8) is 0 Å². The van der Waals surface area contributed by atoms with E-state index in [1.807, 2.05) is 0 Å². The molecule has 2 unspecified atom stereocenters. The number of benzene rings is 1. The van der Waals surface area contributed by atoms with Gasteiger partial charge in [0.2, 0.25) is 5.85 Å². The van der Waals surface area contributed by atoms with E-state index in [2.05, 4.69) is 0 Å². The van der Waals surface area contributed by atoms with Crippen LogP contribution in [0.25, 0.3) is 0 Å². The number of esters is 1. The van der Waals surface area contributed by atoms with Crippen LogP contribution in [0, 0.1) is 0 Å². The molecule has 0 saturated heterocycles. The molecule has 1 heterocycles. The summed E-state index contributed by atoms with van der Waals surface area (Å²) in [5.41, 5.74) is 0.730. The number of hydrogen-bond donors (Lipinski definition) is 1. The van der Waals surface area contributed by atoms with E-state index in [-0.39, 0.29) is 6.61 Å². The van der Waals surface area contributed by atoms with Crippen molar-refractivity contribution < 1.29 is 23.5 Å². The molecule has 0 bridgehead atoms. The second-order valence-electron chi connectivity index (χ2n) is 3.33. The highest BCUT2D eigenvalue weighted by Crippen LogP contribution is 2.59. The van der Waals surface area contributed by atoms with Gasteiger partial charge in [0, 0.05) is 5.56 Å². The van der Waals surface area contributed by atoms with Gasteiger partial charge in [-0.2, -0.15) is 0 Å². The predicted molar refractivity (Wildman–Crippen MR) is 56.0 cm³/mol. The van der Waals surface area contributed by atoms with Gasteiger partial charge in [-0.25, -0.2) is 4.79 Å². The van der Waals surface area contributed by atoms with Gasteiger partial charge in [0.15, 0.2) is 0 Å². The molecule has 2 atom stereocenters. The molecule has 5 nitrogen and oxygen atoms in total. The van der Waals surface area contributed by atoms with Gasteiger partial charge in [0.1, 0.15) is 0 Å². The van der Waals surface area contributed by atoms with Crippen LogP contribution in [0.4, 0.5) is 0 Å². The smallest absolute Gasteiger partial charge is 0.373 e. The molecule has 1 aromatic carbocycles. The van der Waals surface area contributed by atoms with Crippen molar-refractivity contribution in [2.24, 2.45) is 0 Å². The Hall–Kier alpha value is -1.16. The maximum absolute atomic E-state index is 11.8. The minimum Gasteiger partial charge on any atom is -0.441 e. The van der Waals surface area contributed by atoms with Crippen LogP contribution in [0.15, 0.2) is 24.3 Å². The molecule has 1 aliphatic heterocycles. The van der Waals surface area contributed by atoms with Crippen LogP contribution in [-0.2, 0) is 13.8 Å². The molecule has 6 heteroatoms. The first-order chi connectivity index (χ1) is 7.56. The summed E-state index contributed by atoms with van der Waals surface area (Å²) in [6, 6.07) is 6.50. The topological polar surface area (TPSA) is 72.8 Å². The summed E-state index contributed by atoms with van der Waals surface area (Å²) in [5, 5.41) is 0. The molecule has 0 amide bonds. The zero-order valence-electron chi connectivity index (χ0n) is 8.62. The summed E-state index contributed by atoms with van der Waals surface area (Å²) in [4.78, 5) is 21.1. The predicted octanol–water partition coefficient (Wildman–Crippen LogP) is 2.08. The van der Waals surface area contributed by atoms with E-state index >= 15 is 0 Å². The number of ether oxygens (including phenoxy) is 1. The molecule has 0 fully saturated rings. The third-order valence-corrected chi connectivity index (χ3v) is 3.88. The van der Waals surface area contributed by atoms with E-state index in [1.54, 1.807) is 31.2 Å². The van der Waals surface area contributed by atoms with E-state index in [1.165, 1.54) is 0 Å². The minimum atomic E-state index is -3.95.